The summed E-state index contributed by atoms with van der Waals surface area (Å²) < 4.78 is 3.15. The van der Waals surface area contributed by atoms with E-state index in [1.165, 1.54) is 5.39 Å². The van der Waals surface area contributed by atoms with Crippen molar-refractivity contribution in [3.05, 3.63) is 59.0 Å². The van der Waals surface area contributed by atoms with E-state index in [2.05, 4.69) is 43.7 Å². The maximum atomic E-state index is 9.94. The normalized spacial score (nSPS) is 12.0. The molecule has 0 saturated carbocycles. The third-order valence-corrected chi connectivity index (χ3v) is 3.80. The van der Waals surface area contributed by atoms with Crippen LogP contribution in [0.3, 0.4) is 0 Å². The fourth-order valence-electron chi connectivity index (χ4n) is 2.23. The first-order valence-electron chi connectivity index (χ1n) is 6.41. The molecule has 0 bridgehead atoms. The van der Waals surface area contributed by atoms with Crippen molar-refractivity contribution in [1.29, 1.82) is 0 Å². The molecular weight excluding hydrogens is 316 g/mol. The molecule has 0 unspecified atom stereocenters. The first-order chi connectivity index (χ1) is 9.45. The quantitative estimate of drug-likeness (QED) is 0.770. The fraction of sp³-hybridized carbons (Fsp3) is 0.188. The molecule has 2 heterocycles. The van der Waals surface area contributed by atoms with Gasteiger partial charge in [0.1, 0.15) is 5.60 Å². The molecule has 0 aliphatic heterocycles. The van der Waals surface area contributed by atoms with Crippen LogP contribution in [0.25, 0.3) is 16.6 Å². The van der Waals surface area contributed by atoms with E-state index in [9.17, 15) is 5.11 Å². The van der Waals surface area contributed by atoms with Gasteiger partial charge in [-0.05, 0) is 50.2 Å². The average molecular weight is 331 g/mol. The summed E-state index contributed by atoms with van der Waals surface area (Å²) in [5.41, 5.74) is 1.86. The Hall–Kier alpha value is -1.65. The molecule has 0 fully saturated rings. The van der Waals surface area contributed by atoms with Crippen LogP contribution in [0.4, 0.5) is 0 Å². The number of hydrogen-bond acceptors (Lipinski definition) is 2. The van der Waals surface area contributed by atoms with Crippen LogP contribution < -0.4 is 0 Å². The SMILES string of the molecule is CC(C)(O)c1ccc(-n2ccc3cc(Br)ccc32)cn1. The first-order valence-corrected chi connectivity index (χ1v) is 7.20. The highest BCUT2D eigenvalue weighted by Gasteiger charge is 2.17. The van der Waals surface area contributed by atoms with Crippen LogP contribution in [-0.2, 0) is 5.60 Å². The number of halogens is 1. The van der Waals surface area contributed by atoms with Gasteiger partial charge in [-0.25, -0.2) is 0 Å². The van der Waals surface area contributed by atoms with Crippen LogP contribution in [0.2, 0.25) is 0 Å². The molecule has 3 rings (SSSR count). The van der Waals surface area contributed by atoms with Crippen molar-refractivity contribution in [2.75, 3.05) is 0 Å². The monoisotopic (exact) mass is 330 g/mol. The highest BCUT2D eigenvalue weighted by Crippen LogP contribution is 2.24. The Labute approximate surface area is 126 Å². The van der Waals surface area contributed by atoms with Crippen molar-refractivity contribution in [2.24, 2.45) is 0 Å². The molecule has 0 amide bonds. The predicted octanol–water partition coefficient (Wildman–Crippen LogP) is 4.02. The summed E-state index contributed by atoms with van der Waals surface area (Å²) in [5.74, 6) is 0. The molecule has 0 atom stereocenters. The first kappa shape index (κ1) is 13.3. The Morgan fingerprint density at radius 2 is 1.95 bits per heavy atom. The third kappa shape index (κ3) is 2.37. The number of nitrogens with zero attached hydrogens (tertiary/aromatic N) is 2. The molecular formula is C16H15BrN2O. The van der Waals surface area contributed by atoms with Crippen LogP contribution in [-0.4, -0.2) is 14.7 Å². The van der Waals surface area contributed by atoms with Crippen molar-refractivity contribution >= 4 is 26.8 Å². The molecule has 0 aliphatic carbocycles. The Balaban J connectivity index is 2.07. The molecule has 3 aromatic rings. The van der Waals surface area contributed by atoms with E-state index in [0.717, 1.165) is 15.7 Å². The molecule has 0 spiro atoms. The summed E-state index contributed by atoms with van der Waals surface area (Å²) in [5, 5.41) is 11.1. The van der Waals surface area contributed by atoms with Crippen LogP contribution in [0.5, 0.6) is 0 Å². The highest BCUT2D eigenvalue weighted by atomic mass is 79.9. The second kappa shape index (κ2) is 4.72. The number of aromatic nitrogens is 2. The van der Waals surface area contributed by atoms with Gasteiger partial charge in [-0.1, -0.05) is 15.9 Å². The molecule has 4 heteroatoms. The van der Waals surface area contributed by atoms with E-state index in [-0.39, 0.29) is 0 Å². The van der Waals surface area contributed by atoms with Gasteiger partial charge in [-0.2, -0.15) is 0 Å². The maximum Gasteiger partial charge on any atom is 0.101 e. The maximum absolute atomic E-state index is 9.94. The number of pyridine rings is 1. The topological polar surface area (TPSA) is 38.0 Å². The molecule has 0 aliphatic rings. The van der Waals surface area contributed by atoms with E-state index in [4.69, 9.17) is 0 Å². The molecule has 3 nitrogen and oxygen atoms in total. The zero-order valence-corrected chi connectivity index (χ0v) is 12.9. The molecule has 102 valence electrons. The summed E-state index contributed by atoms with van der Waals surface area (Å²) >= 11 is 3.48. The molecule has 0 radical (unpaired) electrons. The number of benzene rings is 1. The van der Waals surface area contributed by atoms with Gasteiger partial charge < -0.3 is 9.67 Å². The van der Waals surface area contributed by atoms with Crippen molar-refractivity contribution in [3.8, 4) is 5.69 Å². The molecule has 2 aromatic heterocycles. The van der Waals surface area contributed by atoms with Gasteiger partial charge in [0, 0.05) is 16.1 Å². The largest absolute Gasteiger partial charge is 0.384 e. The summed E-state index contributed by atoms with van der Waals surface area (Å²) in [6.07, 6.45) is 3.81. The smallest absolute Gasteiger partial charge is 0.101 e. The fourth-order valence-corrected chi connectivity index (χ4v) is 2.61. The van der Waals surface area contributed by atoms with Gasteiger partial charge in [0.15, 0.2) is 0 Å². The van der Waals surface area contributed by atoms with E-state index in [1.807, 2.05) is 24.4 Å². The minimum atomic E-state index is -0.915. The van der Waals surface area contributed by atoms with Crippen molar-refractivity contribution in [3.63, 3.8) is 0 Å². The highest BCUT2D eigenvalue weighted by molar-refractivity contribution is 9.10. The second-order valence-electron chi connectivity index (χ2n) is 5.35. The Bertz CT molecular complexity index is 754. The lowest BCUT2D eigenvalue weighted by atomic mass is 10.1. The summed E-state index contributed by atoms with van der Waals surface area (Å²) in [7, 11) is 0. The Kier molecular flexibility index (Phi) is 3.15. The minimum Gasteiger partial charge on any atom is -0.384 e. The Morgan fingerprint density at radius 1 is 1.15 bits per heavy atom. The summed E-state index contributed by atoms with van der Waals surface area (Å²) in [4.78, 5) is 4.35. The minimum absolute atomic E-state index is 0.667. The summed E-state index contributed by atoms with van der Waals surface area (Å²) in [6.45, 7) is 3.47. The second-order valence-corrected chi connectivity index (χ2v) is 6.27. The molecule has 1 N–H and O–H groups in total. The van der Waals surface area contributed by atoms with Gasteiger partial charge in [-0.15, -0.1) is 0 Å². The standard InChI is InChI=1S/C16H15BrN2O/c1-16(2,20)15-6-4-13(10-18-15)19-8-7-11-9-12(17)3-5-14(11)19/h3-10,20H,1-2H3. The lowest BCUT2D eigenvalue weighted by molar-refractivity contribution is 0.0738. The number of fused-ring (bicyclic) bond motifs is 1. The molecule has 1 aromatic carbocycles. The number of aliphatic hydroxyl groups is 1. The van der Waals surface area contributed by atoms with Crippen LogP contribution in [0.1, 0.15) is 19.5 Å². The van der Waals surface area contributed by atoms with E-state index in [1.54, 1.807) is 20.0 Å². The van der Waals surface area contributed by atoms with Crippen molar-refractivity contribution in [1.82, 2.24) is 9.55 Å². The number of hydrogen-bond donors (Lipinski definition) is 1. The summed E-state index contributed by atoms with van der Waals surface area (Å²) in [6, 6.07) is 12.1. The van der Waals surface area contributed by atoms with Gasteiger partial charge >= 0.3 is 0 Å². The zero-order valence-electron chi connectivity index (χ0n) is 11.3. The molecule has 0 saturated heterocycles. The van der Waals surface area contributed by atoms with E-state index < -0.39 is 5.60 Å². The van der Waals surface area contributed by atoms with Gasteiger partial charge in [0.25, 0.3) is 0 Å². The van der Waals surface area contributed by atoms with Gasteiger partial charge in [-0.3, -0.25) is 4.98 Å². The third-order valence-electron chi connectivity index (χ3n) is 3.31. The average Bonchev–Trinajstić information content (AvgIpc) is 2.80. The predicted molar refractivity (Wildman–Crippen MR) is 84.0 cm³/mol. The lowest BCUT2D eigenvalue weighted by Gasteiger charge is -2.16. The van der Waals surface area contributed by atoms with E-state index >= 15 is 0 Å². The zero-order chi connectivity index (χ0) is 14.3. The van der Waals surface area contributed by atoms with Crippen LogP contribution >= 0.6 is 15.9 Å². The van der Waals surface area contributed by atoms with Crippen LogP contribution in [0, 0.1) is 0 Å². The van der Waals surface area contributed by atoms with E-state index in [0.29, 0.717) is 5.69 Å². The van der Waals surface area contributed by atoms with Crippen LogP contribution in [0.15, 0.2) is 53.3 Å². The number of rotatable bonds is 2. The Morgan fingerprint density at radius 3 is 2.60 bits per heavy atom. The van der Waals surface area contributed by atoms with Gasteiger partial charge in [0.2, 0.25) is 0 Å². The van der Waals surface area contributed by atoms with Gasteiger partial charge in [0.05, 0.1) is 23.1 Å². The molecule has 20 heavy (non-hydrogen) atoms. The van der Waals surface area contributed by atoms with Crippen molar-refractivity contribution in [2.45, 2.75) is 19.4 Å². The van der Waals surface area contributed by atoms with Crippen molar-refractivity contribution < 1.29 is 5.11 Å². The lowest BCUT2D eigenvalue weighted by Crippen LogP contribution is -2.17.